The molecule has 0 atom stereocenters. The van der Waals surface area contributed by atoms with Gasteiger partial charge in [0, 0.05) is 16.3 Å². The Kier molecular flexibility index (Phi) is 8.98. The third-order valence-electron chi connectivity index (χ3n) is 5.94. The molecule has 0 aliphatic heterocycles. The summed E-state index contributed by atoms with van der Waals surface area (Å²) in [6, 6.07) is 29.2. The number of nitrogens with zero attached hydrogens (tertiary/aromatic N) is 2. The van der Waals surface area contributed by atoms with Crippen LogP contribution in [0.25, 0.3) is 0 Å². The van der Waals surface area contributed by atoms with E-state index < -0.39 is 15.9 Å². The smallest absolute Gasteiger partial charge is 0.273 e. The molecule has 0 heterocycles. The van der Waals surface area contributed by atoms with Crippen LogP contribution in [0.3, 0.4) is 0 Å². The van der Waals surface area contributed by atoms with Gasteiger partial charge in [0.05, 0.1) is 29.8 Å². The topological polar surface area (TPSA) is 108 Å². The van der Waals surface area contributed by atoms with Gasteiger partial charge in [-0.2, -0.15) is 5.10 Å². The highest BCUT2D eigenvalue weighted by Crippen LogP contribution is 2.25. The van der Waals surface area contributed by atoms with E-state index in [0.29, 0.717) is 27.5 Å². The second-order valence-corrected chi connectivity index (χ2v) is 11.3. The molecule has 0 aromatic heterocycles. The molecule has 10 heteroatoms. The Balaban J connectivity index is 1.52. The van der Waals surface area contributed by atoms with Crippen LogP contribution in [0.4, 0.5) is 11.4 Å². The number of rotatable bonds is 9. The summed E-state index contributed by atoms with van der Waals surface area (Å²) in [5.41, 5.74) is 5.81. The third-order valence-corrected chi connectivity index (χ3v) is 7.30. The fourth-order valence-corrected chi connectivity index (χ4v) is 5.02. The molecule has 0 saturated heterocycles. The van der Waals surface area contributed by atoms with Gasteiger partial charge in [-0.25, -0.2) is 13.8 Å². The lowest BCUT2D eigenvalue weighted by Gasteiger charge is -2.24. The van der Waals surface area contributed by atoms with Gasteiger partial charge in [0.25, 0.3) is 11.8 Å². The van der Waals surface area contributed by atoms with Crippen LogP contribution in [0, 0.1) is 0 Å². The Bertz CT molecular complexity index is 1670. The quantitative estimate of drug-likeness (QED) is 0.197. The lowest BCUT2D eigenvalue weighted by molar-refractivity contribution is 0.0954. The zero-order chi connectivity index (χ0) is 28.7. The lowest BCUT2D eigenvalue weighted by atomic mass is 10.1. The summed E-state index contributed by atoms with van der Waals surface area (Å²) in [4.78, 5) is 25.8. The molecule has 4 aromatic rings. The molecule has 0 spiro atoms. The standard InChI is InChI=1S/C30H27ClN4O4S/c1-21(23-12-9-15-26(19-23)32-29(36)24-13-8-14-25(31)18-24)33-34-30(37)27-16-6-7-17-28(27)35(40(2,38)39)20-22-10-4-3-5-11-22/h3-19H,20H2,1-2H3,(H,32,36)(H,34,37)/b33-21+. The summed E-state index contributed by atoms with van der Waals surface area (Å²) in [6.45, 7) is 1.78. The zero-order valence-corrected chi connectivity index (χ0v) is 23.4. The molecule has 0 aliphatic carbocycles. The van der Waals surface area contributed by atoms with E-state index in [0.717, 1.165) is 11.8 Å². The van der Waals surface area contributed by atoms with E-state index in [1.165, 1.54) is 4.31 Å². The molecule has 0 saturated carbocycles. The number of carbonyl (C=O) groups excluding carboxylic acids is 2. The molecule has 0 aliphatic rings. The SMILES string of the molecule is C/C(=N\NC(=O)c1ccccc1N(Cc1ccccc1)S(C)(=O)=O)c1cccc(NC(=O)c2cccc(Cl)c2)c1. The molecule has 40 heavy (non-hydrogen) atoms. The van der Waals surface area contributed by atoms with Gasteiger partial charge >= 0.3 is 0 Å². The van der Waals surface area contributed by atoms with Gasteiger partial charge in [-0.15, -0.1) is 0 Å². The van der Waals surface area contributed by atoms with Gasteiger partial charge in [0.1, 0.15) is 0 Å². The molecule has 4 rings (SSSR count). The maximum atomic E-state index is 13.2. The van der Waals surface area contributed by atoms with Crippen molar-refractivity contribution in [3.8, 4) is 0 Å². The minimum atomic E-state index is -3.71. The molecule has 4 aromatic carbocycles. The second-order valence-electron chi connectivity index (χ2n) is 8.96. The van der Waals surface area contributed by atoms with Crippen LogP contribution in [0.5, 0.6) is 0 Å². The first-order valence-corrected chi connectivity index (χ1v) is 14.5. The fourth-order valence-electron chi connectivity index (χ4n) is 3.93. The van der Waals surface area contributed by atoms with Crippen molar-refractivity contribution < 1.29 is 18.0 Å². The van der Waals surface area contributed by atoms with Crippen molar-refractivity contribution in [2.75, 3.05) is 15.9 Å². The van der Waals surface area contributed by atoms with E-state index in [4.69, 9.17) is 11.6 Å². The average Bonchev–Trinajstić information content (AvgIpc) is 2.94. The number of sulfonamides is 1. The van der Waals surface area contributed by atoms with Crippen molar-refractivity contribution in [1.29, 1.82) is 0 Å². The van der Waals surface area contributed by atoms with Crippen molar-refractivity contribution in [2.24, 2.45) is 5.10 Å². The molecule has 0 radical (unpaired) electrons. The minimum Gasteiger partial charge on any atom is -0.322 e. The molecule has 8 nitrogen and oxygen atoms in total. The fraction of sp³-hybridized carbons (Fsp3) is 0.100. The average molecular weight is 575 g/mol. The van der Waals surface area contributed by atoms with Crippen LogP contribution in [-0.2, 0) is 16.6 Å². The van der Waals surface area contributed by atoms with E-state index >= 15 is 0 Å². The molecular formula is C30H27ClN4O4S. The molecule has 204 valence electrons. The minimum absolute atomic E-state index is 0.0694. The van der Waals surface area contributed by atoms with Crippen LogP contribution < -0.4 is 15.0 Å². The number of amides is 2. The zero-order valence-electron chi connectivity index (χ0n) is 21.8. The number of para-hydroxylation sites is 1. The van der Waals surface area contributed by atoms with Gasteiger partial charge in [-0.3, -0.25) is 13.9 Å². The highest BCUT2D eigenvalue weighted by Gasteiger charge is 2.23. The first-order valence-electron chi connectivity index (χ1n) is 12.2. The van der Waals surface area contributed by atoms with E-state index in [2.05, 4.69) is 15.8 Å². The summed E-state index contributed by atoms with van der Waals surface area (Å²) < 4.78 is 26.6. The predicted molar refractivity (Wildman–Crippen MR) is 159 cm³/mol. The summed E-state index contributed by atoms with van der Waals surface area (Å²) >= 11 is 5.99. The first-order chi connectivity index (χ1) is 19.1. The van der Waals surface area contributed by atoms with Crippen molar-refractivity contribution in [3.05, 3.63) is 130 Å². The van der Waals surface area contributed by atoms with Crippen molar-refractivity contribution >= 4 is 50.5 Å². The van der Waals surface area contributed by atoms with Crippen molar-refractivity contribution in [2.45, 2.75) is 13.5 Å². The van der Waals surface area contributed by atoms with Crippen LogP contribution in [0.15, 0.2) is 108 Å². The maximum absolute atomic E-state index is 13.2. The van der Waals surface area contributed by atoms with E-state index in [1.807, 2.05) is 30.3 Å². The van der Waals surface area contributed by atoms with Crippen LogP contribution in [-0.4, -0.2) is 32.2 Å². The van der Waals surface area contributed by atoms with Gasteiger partial charge in [-0.05, 0) is 60.5 Å². The number of anilines is 2. The second kappa shape index (κ2) is 12.6. The maximum Gasteiger partial charge on any atom is 0.273 e. The largest absolute Gasteiger partial charge is 0.322 e. The number of carbonyl (C=O) groups is 2. The Morgan fingerprint density at radius 3 is 2.23 bits per heavy atom. The molecule has 2 N–H and O–H groups in total. The highest BCUT2D eigenvalue weighted by atomic mass is 35.5. The Morgan fingerprint density at radius 2 is 1.50 bits per heavy atom. The molecular weight excluding hydrogens is 548 g/mol. The Morgan fingerprint density at radius 1 is 0.825 bits per heavy atom. The number of hydrazone groups is 1. The van der Waals surface area contributed by atoms with Gasteiger partial charge in [0.2, 0.25) is 10.0 Å². The number of hydrogen-bond donors (Lipinski definition) is 2. The molecule has 0 bridgehead atoms. The first kappa shape index (κ1) is 28.5. The summed E-state index contributed by atoms with van der Waals surface area (Å²) in [7, 11) is -3.71. The van der Waals surface area contributed by atoms with Gasteiger partial charge in [0.15, 0.2) is 0 Å². The number of benzene rings is 4. The number of nitrogens with one attached hydrogen (secondary N) is 2. The third kappa shape index (κ3) is 7.34. The molecule has 0 fully saturated rings. The summed E-state index contributed by atoms with van der Waals surface area (Å²) in [5.74, 6) is -0.882. The van der Waals surface area contributed by atoms with Crippen LogP contribution >= 0.6 is 11.6 Å². The monoisotopic (exact) mass is 574 g/mol. The predicted octanol–water partition coefficient (Wildman–Crippen LogP) is 5.71. The van der Waals surface area contributed by atoms with Crippen molar-refractivity contribution in [1.82, 2.24) is 5.43 Å². The van der Waals surface area contributed by atoms with Crippen molar-refractivity contribution in [3.63, 3.8) is 0 Å². The lowest BCUT2D eigenvalue weighted by Crippen LogP contribution is -2.32. The molecule has 0 unspecified atom stereocenters. The van der Waals surface area contributed by atoms with Crippen LogP contribution in [0.2, 0.25) is 5.02 Å². The van der Waals surface area contributed by atoms with E-state index in [1.54, 1.807) is 79.7 Å². The summed E-state index contributed by atoms with van der Waals surface area (Å²) in [5, 5.41) is 7.51. The Labute approximate surface area is 238 Å². The van der Waals surface area contributed by atoms with E-state index in [9.17, 15) is 18.0 Å². The normalized spacial score (nSPS) is 11.5. The Hall–Kier alpha value is -4.47. The number of halogens is 1. The molecule has 2 amide bonds. The highest BCUT2D eigenvalue weighted by molar-refractivity contribution is 7.92. The van der Waals surface area contributed by atoms with Crippen LogP contribution in [0.1, 0.15) is 38.8 Å². The van der Waals surface area contributed by atoms with E-state index in [-0.39, 0.29) is 23.7 Å². The van der Waals surface area contributed by atoms with Gasteiger partial charge < -0.3 is 5.32 Å². The summed E-state index contributed by atoms with van der Waals surface area (Å²) in [6.07, 6.45) is 1.10. The van der Waals surface area contributed by atoms with Gasteiger partial charge in [-0.1, -0.05) is 72.3 Å². The number of hydrogen-bond acceptors (Lipinski definition) is 5.